The number of carboxylic acid groups (broad SMARTS) is 1. The van der Waals surface area contributed by atoms with Crippen LogP contribution in [0.4, 0.5) is 14.6 Å². The highest BCUT2D eigenvalue weighted by Crippen LogP contribution is 2.16. The number of anilines is 1. The van der Waals surface area contributed by atoms with Crippen molar-refractivity contribution in [1.82, 2.24) is 4.98 Å². The van der Waals surface area contributed by atoms with Crippen LogP contribution < -0.4 is 5.32 Å². The fourth-order valence-corrected chi connectivity index (χ4v) is 1.17. The monoisotopic (exact) mass is 266 g/mol. The van der Waals surface area contributed by atoms with E-state index in [2.05, 4.69) is 10.3 Å². The van der Waals surface area contributed by atoms with Crippen LogP contribution in [0, 0.1) is 0 Å². The molecule has 0 aliphatic heterocycles. The fourth-order valence-electron chi connectivity index (χ4n) is 0.989. The van der Waals surface area contributed by atoms with Gasteiger partial charge < -0.3 is 15.5 Å². The average Bonchev–Trinajstić information content (AvgIpc) is 2.26. The summed E-state index contributed by atoms with van der Waals surface area (Å²) >= 11 is 5.56. The van der Waals surface area contributed by atoms with Crippen LogP contribution in [0.15, 0.2) is 12.1 Å². The normalized spacial score (nSPS) is 12.5. The van der Waals surface area contributed by atoms with Gasteiger partial charge in [0, 0.05) is 6.54 Å². The minimum Gasteiger partial charge on any atom is -0.476 e. The lowest BCUT2D eigenvalue weighted by Gasteiger charge is -2.11. The lowest BCUT2D eigenvalue weighted by atomic mass is 10.3. The summed E-state index contributed by atoms with van der Waals surface area (Å²) in [5.41, 5.74) is -0.386. The molecule has 0 radical (unpaired) electrons. The summed E-state index contributed by atoms with van der Waals surface area (Å²) in [6, 6.07) is 2.60. The number of aliphatic hydroxyl groups excluding tert-OH is 1. The van der Waals surface area contributed by atoms with Crippen LogP contribution in [0.5, 0.6) is 0 Å². The Bertz CT molecular complexity index is 417. The van der Waals surface area contributed by atoms with Gasteiger partial charge in [-0.2, -0.15) is 0 Å². The smallest absolute Gasteiger partial charge is 0.356 e. The molecule has 0 aliphatic rings. The third kappa shape index (κ3) is 3.79. The van der Waals surface area contributed by atoms with Crippen molar-refractivity contribution in [2.45, 2.75) is 12.5 Å². The van der Waals surface area contributed by atoms with Gasteiger partial charge in [-0.1, -0.05) is 11.6 Å². The number of pyridine rings is 1. The molecule has 0 aromatic carbocycles. The second-order valence-electron chi connectivity index (χ2n) is 3.11. The van der Waals surface area contributed by atoms with Crippen LogP contribution in [0.25, 0.3) is 0 Å². The second-order valence-corrected chi connectivity index (χ2v) is 3.52. The van der Waals surface area contributed by atoms with Crippen LogP contribution in [0.3, 0.4) is 0 Å². The third-order valence-corrected chi connectivity index (χ3v) is 2.14. The van der Waals surface area contributed by atoms with E-state index in [9.17, 15) is 13.6 Å². The molecule has 0 saturated heterocycles. The van der Waals surface area contributed by atoms with E-state index in [4.69, 9.17) is 21.8 Å². The summed E-state index contributed by atoms with van der Waals surface area (Å²) in [5.74, 6) is -1.28. The molecule has 8 heteroatoms. The van der Waals surface area contributed by atoms with Gasteiger partial charge in [0.2, 0.25) is 0 Å². The highest BCUT2D eigenvalue weighted by atomic mass is 35.5. The third-order valence-electron chi connectivity index (χ3n) is 1.83. The minimum atomic E-state index is -2.88. The van der Waals surface area contributed by atoms with Gasteiger partial charge in [-0.3, -0.25) is 0 Å². The van der Waals surface area contributed by atoms with Gasteiger partial charge in [0.1, 0.15) is 11.9 Å². The number of hydrogen-bond donors (Lipinski definition) is 3. The molecular formula is C9H9ClF2N2O3. The number of carbonyl (C=O) groups is 1. The van der Waals surface area contributed by atoms with E-state index in [0.29, 0.717) is 0 Å². The Morgan fingerprint density at radius 3 is 2.71 bits per heavy atom. The number of nitrogens with zero attached hydrogens (tertiary/aromatic N) is 1. The summed E-state index contributed by atoms with van der Waals surface area (Å²) in [5, 5.41) is 19.9. The van der Waals surface area contributed by atoms with Gasteiger partial charge in [0.25, 0.3) is 6.43 Å². The van der Waals surface area contributed by atoms with Crippen molar-refractivity contribution in [2.75, 3.05) is 11.9 Å². The SMILES string of the molecule is O=C(O)c1nc(NCC(O)C(F)F)ccc1Cl. The van der Waals surface area contributed by atoms with Crippen molar-refractivity contribution < 1.29 is 23.8 Å². The molecule has 1 atom stereocenters. The summed E-state index contributed by atoms with van der Waals surface area (Å²) in [6.07, 6.45) is -4.73. The molecule has 17 heavy (non-hydrogen) atoms. The molecule has 0 spiro atoms. The molecule has 1 aromatic heterocycles. The second kappa shape index (κ2) is 5.74. The van der Waals surface area contributed by atoms with Crippen LogP contribution in [0.1, 0.15) is 10.5 Å². The Hall–Kier alpha value is -1.47. The minimum absolute atomic E-state index is 0.0477. The van der Waals surface area contributed by atoms with Gasteiger partial charge >= 0.3 is 5.97 Å². The molecule has 1 heterocycles. The average molecular weight is 267 g/mol. The first kappa shape index (κ1) is 13.6. The van der Waals surface area contributed by atoms with E-state index in [0.717, 1.165) is 0 Å². The number of rotatable bonds is 5. The van der Waals surface area contributed by atoms with Gasteiger partial charge in [-0.05, 0) is 12.1 Å². The number of alkyl halides is 2. The highest BCUT2D eigenvalue weighted by Gasteiger charge is 2.17. The molecule has 0 saturated carbocycles. The summed E-state index contributed by atoms with van der Waals surface area (Å²) in [7, 11) is 0. The lowest BCUT2D eigenvalue weighted by Crippen LogP contribution is -2.27. The maximum atomic E-state index is 12.0. The van der Waals surface area contributed by atoms with Gasteiger partial charge in [0.05, 0.1) is 5.02 Å². The molecular weight excluding hydrogens is 258 g/mol. The zero-order chi connectivity index (χ0) is 13.0. The van der Waals surface area contributed by atoms with Crippen LogP contribution in [0.2, 0.25) is 5.02 Å². The number of carboxylic acids is 1. The van der Waals surface area contributed by atoms with Gasteiger partial charge in [0.15, 0.2) is 5.69 Å². The maximum absolute atomic E-state index is 12.0. The van der Waals surface area contributed by atoms with E-state index < -0.39 is 25.0 Å². The van der Waals surface area contributed by atoms with Crippen molar-refractivity contribution in [3.8, 4) is 0 Å². The van der Waals surface area contributed by atoms with Crippen molar-refractivity contribution in [3.05, 3.63) is 22.8 Å². The van der Waals surface area contributed by atoms with E-state index in [1.54, 1.807) is 0 Å². The molecule has 1 rings (SSSR count). The van der Waals surface area contributed by atoms with Crippen molar-refractivity contribution in [3.63, 3.8) is 0 Å². The zero-order valence-electron chi connectivity index (χ0n) is 8.40. The standard InChI is InChI=1S/C9H9ClF2N2O3/c10-4-1-2-6(14-7(4)9(16)17)13-3-5(15)8(11)12/h1-2,5,8,15H,3H2,(H,13,14)(H,16,17). The number of halogens is 3. The summed E-state index contributed by atoms with van der Waals surface area (Å²) in [4.78, 5) is 14.3. The molecule has 5 nitrogen and oxygen atoms in total. The summed E-state index contributed by atoms with van der Waals surface area (Å²) in [6.45, 7) is -0.439. The lowest BCUT2D eigenvalue weighted by molar-refractivity contribution is 0.00380. The molecule has 0 fully saturated rings. The molecule has 0 aliphatic carbocycles. The summed E-state index contributed by atoms with van der Waals surface area (Å²) < 4.78 is 24.0. The van der Waals surface area contributed by atoms with Crippen LogP contribution in [-0.2, 0) is 0 Å². The Labute approximate surface area is 100 Å². The molecule has 94 valence electrons. The van der Waals surface area contributed by atoms with Gasteiger partial charge in [-0.15, -0.1) is 0 Å². The van der Waals surface area contributed by atoms with Crippen molar-refractivity contribution in [2.24, 2.45) is 0 Å². The number of aromatic carboxylic acids is 1. The topological polar surface area (TPSA) is 82.5 Å². The molecule has 0 amide bonds. The fraction of sp³-hybridized carbons (Fsp3) is 0.333. The first-order valence-electron chi connectivity index (χ1n) is 4.51. The Balaban J connectivity index is 2.73. The van der Waals surface area contributed by atoms with E-state index in [-0.39, 0.29) is 16.5 Å². The number of aliphatic hydroxyl groups is 1. The van der Waals surface area contributed by atoms with E-state index in [1.807, 2.05) is 0 Å². The van der Waals surface area contributed by atoms with E-state index in [1.165, 1.54) is 12.1 Å². The largest absolute Gasteiger partial charge is 0.476 e. The maximum Gasteiger partial charge on any atom is 0.356 e. The first-order chi connectivity index (χ1) is 7.91. The Kier molecular flexibility index (Phi) is 4.59. The predicted molar refractivity (Wildman–Crippen MR) is 56.7 cm³/mol. The molecule has 1 aromatic rings. The van der Waals surface area contributed by atoms with E-state index >= 15 is 0 Å². The first-order valence-corrected chi connectivity index (χ1v) is 4.89. The Morgan fingerprint density at radius 2 is 2.18 bits per heavy atom. The van der Waals surface area contributed by atoms with Crippen molar-refractivity contribution in [1.29, 1.82) is 0 Å². The highest BCUT2D eigenvalue weighted by molar-refractivity contribution is 6.33. The number of nitrogens with one attached hydrogen (secondary N) is 1. The Morgan fingerprint density at radius 1 is 1.53 bits per heavy atom. The van der Waals surface area contributed by atoms with Crippen LogP contribution in [-0.4, -0.2) is 40.2 Å². The van der Waals surface area contributed by atoms with Crippen molar-refractivity contribution >= 4 is 23.4 Å². The quantitative estimate of drug-likeness (QED) is 0.752. The molecule has 3 N–H and O–H groups in total. The molecule has 1 unspecified atom stereocenters. The van der Waals surface area contributed by atoms with Crippen LogP contribution >= 0.6 is 11.6 Å². The number of hydrogen-bond acceptors (Lipinski definition) is 4. The number of aromatic nitrogens is 1. The predicted octanol–water partition coefficient (Wildman–Crippen LogP) is 1.47. The zero-order valence-corrected chi connectivity index (χ0v) is 9.16. The van der Waals surface area contributed by atoms with Gasteiger partial charge in [-0.25, -0.2) is 18.6 Å². The molecule has 0 bridgehead atoms.